The van der Waals surface area contributed by atoms with Crippen LogP contribution in [0.3, 0.4) is 0 Å². The maximum absolute atomic E-state index is 11.9. The van der Waals surface area contributed by atoms with E-state index < -0.39 is 11.5 Å². The average molecular weight is 253 g/mol. The molecule has 4 nitrogen and oxygen atoms in total. The van der Waals surface area contributed by atoms with Crippen LogP contribution in [0.4, 0.5) is 0 Å². The Morgan fingerprint density at radius 2 is 1.94 bits per heavy atom. The van der Waals surface area contributed by atoms with Crippen LogP contribution >= 0.6 is 0 Å². The molecule has 2 N–H and O–H groups in total. The molecule has 4 heteroatoms. The molecule has 1 fully saturated rings. The molecule has 1 aliphatic carbocycles. The number of amides is 1. The van der Waals surface area contributed by atoms with Gasteiger partial charge >= 0.3 is 5.97 Å². The second-order valence-electron chi connectivity index (χ2n) is 5.32. The van der Waals surface area contributed by atoms with Crippen LogP contribution in [0.5, 0.6) is 0 Å². The minimum Gasteiger partial charge on any atom is -0.480 e. The summed E-state index contributed by atoms with van der Waals surface area (Å²) in [7, 11) is 0. The molecule has 0 bridgehead atoms. The van der Waals surface area contributed by atoms with Crippen LogP contribution in [-0.4, -0.2) is 22.5 Å². The Kier molecular flexibility index (Phi) is 4.93. The van der Waals surface area contributed by atoms with Crippen molar-refractivity contribution in [2.75, 3.05) is 0 Å². The number of hydrogen-bond acceptors (Lipinski definition) is 2. The second kappa shape index (κ2) is 6.03. The smallest absolute Gasteiger partial charge is 0.329 e. The summed E-state index contributed by atoms with van der Waals surface area (Å²) >= 11 is 0. The van der Waals surface area contributed by atoms with Gasteiger partial charge in [-0.25, -0.2) is 4.79 Å². The van der Waals surface area contributed by atoms with Gasteiger partial charge in [-0.3, -0.25) is 4.79 Å². The molecule has 1 saturated carbocycles. The van der Waals surface area contributed by atoms with E-state index >= 15 is 0 Å². The lowest BCUT2D eigenvalue weighted by Gasteiger charge is -2.36. The molecule has 0 aromatic heterocycles. The largest absolute Gasteiger partial charge is 0.480 e. The molecule has 0 aromatic rings. The van der Waals surface area contributed by atoms with E-state index in [1.165, 1.54) is 0 Å². The maximum atomic E-state index is 11.9. The van der Waals surface area contributed by atoms with Crippen molar-refractivity contribution in [1.29, 1.82) is 0 Å². The van der Waals surface area contributed by atoms with E-state index in [0.29, 0.717) is 24.3 Å². The first kappa shape index (κ1) is 14.7. The van der Waals surface area contributed by atoms with Gasteiger partial charge in [-0.05, 0) is 44.9 Å². The number of allylic oxidation sites excluding steroid dienone is 1. The van der Waals surface area contributed by atoms with E-state index in [0.717, 1.165) is 19.3 Å². The van der Waals surface area contributed by atoms with Gasteiger partial charge in [-0.2, -0.15) is 0 Å². The topological polar surface area (TPSA) is 66.4 Å². The van der Waals surface area contributed by atoms with E-state index in [1.54, 1.807) is 6.92 Å². The predicted molar refractivity (Wildman–Crippen MR) is 70.2 cm³/mol. The number of nitrogens with one attached hydrogen (secondary N) is 1. The maximum Gasteiger partial charge on any atom is 0.329 e. The third-order valence-corrected chi connectivity index (χ3v) is 3.76. The standard InChI is InChI=1S/C14H23NO3/c1-4-5-11(3)12(16)15-14(13(17)18)8-6-10(2)7-9-14/h5,10H,4,6-9H2,1-3H3,(H,15,16)(H,17,18)/b11-5+. The Labute approximate surface area is 108 Å². The number of rotatable bonds is 4. The molecule has 0 atom stereocenters. The van der Waals surface area contributed by atoms with Crippen molar-refractivity contribution >= 4 is 11.9 Å². The summed E-state index contributed by atoms with van der Waals surface area (Å²) in [6.07, 6.45) is 5.34. The highest BCUT2D eigenvalue weighted by Gasteiger charge is 2.42. The predicted octanol–water partition coefficient (Wildman–Crippen LogP) is 2.49. The lowest BCUT2D eigenvalue weighted by molar-refractivity contribution is -0.149. The minimum absolute atomic E-state index is 0.256. The van der Waals surface area contributed by atoms with E-state index in [1.807, 2.05) is 13.0 Å². The van der Waals surface area contributed by atoms with Crippen molar-refractivity contribution in [1.82, 2.24) is 5.32 Å². The van der Waals surface area contributed by atoms with Crippen LogP contribution in [0.25, 0.3) is 0 Å². The quantitative estimate of drug-likeness (QED) is 0.756. The fourth-order valence-electron chi connectivity index (χ4n) is 2.36. The van der Waals surface area contributed by atoms with Gasteiger partial charge in [0.15, 0.2) is 0 Å². The van der Waals surface area contributed by atoms with Crippen LogP contribution in [0.2, 0.25) is 0 Å². The molecule has 0 spiro atoms. The van der Waals surface area contributed by atoms with E-state index in [2.05, 4.69) is 12.2 Å². The highest BCUT2D eigenvalue weighted by Crippen LogP contribution is 2.32. The van der Waals surface area contributed by atoms with Crippen LogP contribution in [0, 0.1) is 5.92 Å². The van der Waals surface area contributed by atoms with Gasteiger partial charge in [0.2, 0.25) is 5.91 Å². The van der Waals surface area contributed by atoms with Gasteiger partial charge in [0.25, 0.3) is 0 Å². The lowest BCUT2D eigenvalue weighted by Crippen LogP contribution is -2.56. The van der Waals surface area contributed by atoms with Crippen molar-refractivity contribution in [3.05, 3.63) is 11.6 Å². The summed E-state index contributed by atoms with van der Waals surface area (Å²) in [6, 6.07) is 0. The van der Waals surface area contributed by atoms with Crippen molar-refractivity contribution in [2.24, 2.45) is 5.92 Å². The van der Waals surface area contributed by atoms with Crippen LogP contribution in [0.1, 0.15) is 52.9 Å². The molecular weight excluding hydrogens is 230 g/mol. The SMILES string of the molecule is CC/C=C(\C)C(=O)NC1(C(=O)O)CCC(C)CC1. The monoisotopic (exact) mass is 253 g/mol. The Hall–Kier alpha value is -1.32. The first-order valence-electron chi connectivity index (χ1n) is 6.64. The van der Waals surface area contributed by atoms with Gasteiger partial charge in [-0.15, -0.1) is 0 Å². The van der Waals surface area contributed by atoms with Gasteiger partial charge in [0.1, 0.15) is 5.54 Å². The molecule has 0 aromatic carbocycles. The molecule has 0 aliphatic heterocycles. The number of carboxylic acids is 1. The van der Waals surface area contributed by atoms with E-state index in [9.17, 15) is 14.7 Å². The molecular formula is C14H23NO3. The second-order valence-corrected chi connectivity index (χ2v) is 5.32. The van der Waals surface area contributed by atoms with Gasteiger partial charge in [0.05, 0.1) is 0 Å². The zero-order chi connectivity index (χ0) is 13.8. The summed E-state index contributed by atoms with van der Waals surface area (Å²) in [4.78, 5) is 23.4. The van der Waals surface area contributed by atoms with Crippen molar-refractivity contribution < 1.29 is 14.7 Å². The van der Waals surface area contributed by atoms with Gasteiger partial charge in [-0.1, -0.05) is 19.9 Å². The highest BCUT2D eigenvalue weighted by atomic mass is 16.4. The number of hydrogen-bond donors (Lipinski definition) is 2. The normalized spacial score (nSPS) is 28.8. The molecule has 0 radical (unpaired) electrons. The summed E-state index contributed by atoms with van der Waals surface area (Å²) in [5.74, 6) is -0.623. The Bertz CT molecular complexity index is 352. The summed E-state index contributed by atoms with van der Waals surface area (Å²) in [5.41, 5.74) is -0.469. The van der Waals surface area contributed by atoms with Crippen molar-refractivity contribution in [3.8, 4) is 0 Å². The molecule has 0 heterocycles. The molecule has 0 unspecified atom stereocenters. The van der Waals surface area contributed by atoms with Gasteiger partial charge in [0, 0.05) is 5.57 Å². The third-order valence-electron chi connectivity index (χ3n) is 3.76. The number of carbonyl (C=O) groups excluding carboxylic acids is 1. The van der Waals surface area contributed by atoms with Crippen LogP contribution < -0.4 is 5.32 Å². The molecule has 18 heavy (non-hydrogen) atoms. The molecule has 1 aliphatic rings. The molecule has 0 saturated heterocycles. The summed E-state index contributed by atoms with van der Waals surface area (Å²) in [5, 5.41) is 12.1. The fourth-order valence-corrected chi connectivity index (χ4v) is 2.36. The minimum atomic E-state index is -1.06. The molecule has 102 valence electrons. The zero-order valence-electron chi connectivity index (χ0n) is 11.5. The molecule has 1 rings (SSSR count). The lowest BCUT2D eigenvalue weighted by atomic mass is 9.77. The average Bonchev–Trinajstić information content (AvgIpc) is 2.32. The third kappa shape index (κ3) is 3.34. The Morgan fingerprint density at radius 1 is 1.39 bits per heavy atom. The first-order valence-corrected chi connectivity index (χ1v) is 6.64. The van der Waals surface area contributed by atoms with Crippen LogP contribution in [0.15, 0.2) is 11.6 Å². The zero-order valence-corrected chi connectivity index (χ0v) is 11.5. The van der Waals surface area contributed by atoms with Crippen molar-refractivity contribution in [3.63, 3.8) is 0 Å². The number of carboxylic acid groups (broad SMARTS) is 1. The van der Waals surface area contributed by atoms with Gasteiger partial charge < -0.3 is 10.4 Å². The summed E-state index contributed by atoms with van der Waals surface area (Å²) < 4.78 is 0. The van der Waals surface area contributed by atoms with Crippen LogP contribution in [-0.2, 0) is 9.59 Å². The number of aliphatic carboxylic acids is 1. The highest BCUT2D eigenvalue weighted by molar-refractivity contribution is 5.96. The number of carbonyl (C=O) groups is 2. The Balaban J connectivity index is 2.78. The summed E-state index contributed by atoms with van der Waals surface area (Å²) in [6.45, 7) is 5.79. The van der Waals surface area contributed by atoms with E-state index in [4.69, 9.17) is 0 Å². The molecule has 1 amide bonds. The Morgan fingerprint density at radius 3 is 2.39 bits per heavy atom. The fraction of sp³-hybridized carbons (Fsp3) is 0.714. The first-order chi connectivity index (χ1) is 8.41. The van der Waals surface area contributed by atoms with Crippen molar-refractivity contribution in [2.45, 2.75) is 58.4 Å². The van der Waals surface area contributed by atoms with E-state index in [-0.39, 0.29) is 5.91 Å².